The first kappa shape index (κ1) is 22.1. The molecule has 0 bridgehead atoms. The summed E-state index contributed by atoms with van der Waals surface area (Å²) in [6, 6.07) is 0. The standard InChI is InChI=1S/C9H18O8S2.ClH/c1-2-3-4-5-6-9(17-19(13,14)15)7-8-16-18(10,11)12;/h2,9H,1,3-8H2,(H,10,11,12)(H,13,14,15);1H. The molecule has 122 valence electrons. The van der Waals surface area contributed by atoms with Crippen molar-refractivity contribution in [3.05, 3.63) is 12.7 Å². The Morgan fingerprint density at radius 2 is 1.65 bits per heavy atom. The van der Waals surface area contributed by atoms with Gasteiger partial charge in [-0.05, 0) is 25.7 Å². The van der Waals surface area contributed by atoms with Crippen molar-refractivity contribution < 1.29 is 34.3 Å². The Kier molecular flexibility index (Phi) is 11.6. The number of hydrogen-bond donors (Lipinski definition) is 2. The lowest BCUT2D eigenvalue weighted by molar-refractivity contribution is 0.137. The Morgan fingerprint density at radius 1 is 1.05 bits per heavy atom. The van der Waals surface area contributed by atoms with Gasteiger partial charge in [-0.1, -0.05) is 12.5 Å². The van der Waals surface area contributed by atoms with Crippen LogP contribution in [0.2, 0.25) is 0 Å². The van der Waals surface area contributed by atoms with Crippen LogP contribution in [0.5, 0.6) is 0 Å². The minimum absolute atomic E-state index is 0. The van der Waals surface area contributed by atoms with Crippen LogP contribution in [-0.2, 0) is 29.2 Å². The van der Waals surface area contributed by atoms with E-state index in [2.05, 4.69) is 14.9 Å². The average molecular weight is 355 g/mol. The minimum atomic E-state index is -4.62. The molecule has 0 fully saturated rings. The van der Waals surface area contributed by atoms with Crippen LogP contribution < -0.4 is 0 Å². The highest BCUT2D eigenvalue weighted by atomic mass is 35.5. The van der Waals surface area contributed by atoms with Gasteiger partial charge >= 0.3 is 20.8 Å². The van der Waals surface area contributed by atoms with E-state index < -0.39 is 33.5 Å². The monoisotopic (exact) mass is 354 g/mol. The molecule has 0 saturated heterocycles. The number of unbranched alkanes of at least 4 members (excludes halogenated alkanes) is 2. The molecule has 0 rings (SSSR count). The molecule has 0 aromatic carbocycles. The normalized spacial score (nSPS) is 13.5. The third-order valence-corrected chi connectivity index (χ3v) is 3.09. The second kappa shape index (κ2) is 10.5. The molecule has 0 spiro atoms. The molecule has 0 aliphatic rings. The van der Waals surface area contributed by atoms with Crippen molar-refractivity contribution in [2.24, 2.45) is 0 Å². The van der Waals surface area contributed by atoms with Crippen molar-refractivity contribution in [1.29, 1.82) is 0 Å². The Hall–Kier alpha value is -0.230. The van der Waals surface area contributed by atoms with Crippen molar-refractivity contribution >= 4 is 33.2 Å². The summed E-state index contributed by atoms with van der Waals surface area (Å²) in [4.78, 5) is 0. The molecular weight excluding hydrogens is 336 g/mol. The zero-order valence-electron chi connectivity index (χ0n) is 10.7. The molecule has 20 heavy (non-hydrogen) atoms. The zero-order chi connectivity index (χ0) is 14.9. The van der Waals surface area contributed by atoms with E-state index in [-0.39, 0.29) is 18.8 Å². The van der Waals surface area contributed by atoms with E-state index in [1.807, 2.05) is 0 Å². The molecule has 0 aliphatic heterocycles. The maximum Gasteiger partial charge on any atom is 0.397 e. The highest BCUT2D eigenvalue weighted by molar-refractivity contribution is 7.81. The molecule has 0 aliphatic carbocycles. The van der Waals surface area contributed by atoms with Crippen molar-refractivity contribution in [2.75, 3.05) is 6.61 Å². The van der Waals surface area contributed by atoms with E-state index in [0.29, 0.717) is 12.8 Å². The van der Waals surface area contributed by atoms with Crippen LogP contribution in [-0.4, -0.2) is 38.7 Å². The largest absolute Gasteiger partial charge is 0.397 e. The van der Waals surface area contributed by atoms with E-state index in [0.717, 1.165) is 12.8 Å². The molecule has 2 N–H and O–H groups in total. The van der Waals surface area contributed by atoms with Crippen LogP contribution in [0.4, 0.5) is 0 Å². The summed E-state index contributed by atoms with van der Waals surface area (Å²) < 4.78 is 67.2. The summed E-state index contributed by atoms with van der Waals surface area (Å²) in [5.74, 6) is 0. The SMILES string of the molecule is C=CCCCCC(CCOS(=O)(=O)O)OS(=O)(=O)O.Cl. The van der Waals surface area contributed by atoms with Crippen LogP contribution in [0.25, 0.3) is 0 Å². The van der Waals surface area contributed by atoms with E-state index in [1.165, 1.54) is 0 Å². The van der Waals surface area contributed by atoms with E-state index in [9.17, 15) is 16.8 Å². The number of hydrogen-bond acceptors (Lipinski definition) is 6. The Balaban J connectivity index is 0. The second-order valence-corrected chi connectivity index (χ2v) is 5.90. The predicted molar refractivity (Wildman–Crippen MR) is 74.5 cm³/mol. The van der Waals surface area contributed by atoms with Gasteiger partial charge in [0.15, 0.2) is 0 Å². The number of allylic oxidation sites excluding steroid dienone is 1. The van der Waals surface area contributed by atoms with E-state index >= 15 is 0 Å². The summed E-state index contributed by atoms with van der Waals surface area (Å²) in [5.41, 5.74) is 0. The first-order valence-corrected chi connectivity index (χ1v) is 8.25. The summed E-state index contributed by atoms with van der Waals surface area (Å²) >= 11 is 0. The van der Waals surface area contributed by atoms with E-state index in [4.69, 9.17) is 9.11 Å². The maximum absolute atomic E-state index is 10.6. The molecule has 0 aromatic heterocycles. The first-order valence-electron chi connectivity index (χ1n) is 5.52. The Labute approximate surface area is 125 Å². The van der Waals surface area contributed by atoms with Crippen molar-refractivity contribution in [3.8, 4) is 0 Å². The van der Waals surface area contributed by atoms with Crippen molar-refractivity contribution in [3.63, 3.8) is 0 Å². The summed E-state index contributed by atoms with van der Waals surface area (Å²) in [7, 11) is -9.19. The van der Waals surface area contributed by atoms with Gasteiger partial charge < -0.3 is 0 Å². The molecule has 0 radical (unpaired) electrons. The highest BCUT2D eigenvalue weighted by Gasteiger charge is 2.18. The van der Waals surface area contributed by atoms with Gasteiger partial charge in [0.2, 0.25) is 0 Å². The fourth-order valence-corrected chi connectivity index (χ4v) is 2.20. The van der Waals surface area contributed by atoms with Crippen LogP contribution in [0.15, 0.2) is 12.7 Å². The van der Waals surface area contributed by atoms with Gasteiger partial charge in [-0.2, -0.15) is 16.8 Å². The van der Waals surface area contributed by atoms with Gasteiger partial charge in [-0.15, -0.1) is 19.0 Å². The lowest BCUT2D eigenvalue weighted by atomic mass is 10.1. The highest BCUT2D eigenvalue weighted by Crippen LogP contribution is 2.13. The Bertz CT molecular complexity index is 458. The molecular formula is C9H19ClO8S2. The van der Waals surface area contributed by atoms with Gasteiger partial charge in [-0.3, -0.25) is 9.11 Å². The van der Waals surface area contributed by atoms with Gasteiger partial charge in [0.1, 0.15) is 0 Å². The Morgan fingerprint density at radius 3 is 2.10 bits per heavy atom. The van der Waals surface area contributed by atoms with Crippen LogP contribution in [0, 0.1) is 0 Å². The second-order valence-electron chi connectivity index (χ2n) is 3.76. The van der Waals surface area contributed by atoms with Crippen molar-refractivity contribution in [2.45, 2.75) is 38.2 Å². The molecule has 1 unspecified atom stereocenters. The fraction of sp³-hybridized carbons (Fsp3) is 0.778. The zero-order valence-corrected chi connectivity index (χ0v) is 13.1. The quantitative estimate of drug-likeness (QED) is 0.325. The maximum atomic E-state index is 10.6. The van der Waals surface area contributed by atoms with Gasteiger partial charge in [0.25, 0.3) is 0 Å². The molecule has 8 nitrogen and oxygen atoms in total. The third kappa shape index (κ3) is 15.8. The summed E-state index contributed by atoms with van der Waals surface area (Å²) in [6.45, 7) is 3.09. The van der Waals surface area contributed by atoms with Gasteiger partial charge in [0, 0.05) is 0 Å². The molecule has 0 saturated carbocycles. The smallest absolute Gasteiger partial charge is 0.264 e. The third-order valence-electron chi connectivity index (χ3n) is 2.11. The van der Waals surface area contributed by atoms with Gasteiger partial charge in [0.05, 0.1) is 12.7 Å². The average Bonchev–Trinajstić information content (AvgIpc) is 2.20. The minimum Gasteiger partial charge on any atom is -0.264 e. The predicted octanol–water partition coefficient (Wildman–Crippen LogP) is 1.55. The molecule has 0 amide bonds. The first-order chi connectivity index (χ1) is 8.64. The van der Waals surface area contributed by atoms with Crippen molar-refractivity contribution in [1.82, 2.24) is 0 Å². The van der Waals surface area contributed by atoms with Crippen LogP contribution in [0.1, 0.15) is 32.1 Å². The van der Waals surface area contributed by atoms with Crippen LogP contribution >= 0.6 is 12.4 Å². The number of rotatable bonds is 11. The summed E-state index contributed by atoms with van der Waals surface area (Å²) in [5, 5.41) is 0. The lowest BCUT2D eigenvalue weighted by Crippen LogP contribution is -2.20. The van der Waals surface area contributed by atoms with Gasteiger partial charge in [-0.25, -0.2) is 8.37 Å². The molecule has 0 aromatic rings. The lowest BCUT2D eigenvalue weighted by Gasteiger charge is -2.14. The van der Waals surface area contributed by atoms with E-state index in [1.54, 1.807) is 6.08 Å². The summed E-state index contributed by atoms with van der Waals surface area (Å²) in [6.07, 6.45) is 3.10. The number of halogens is 1. The molecule has 1 atom stereocenters. The topological polar surface area (TPSA) is 127 Å². The molecule has 11 heteroatoms. The fourth-order valence-electron chi connectivity index (χ4n) is 1.36. The van der Waals surface area contributed by atoms with Crippen LogP contribution in [0.3, 0.4) is 0 Å². The molecule has 0 heterocycles.